The summed E-state index contributed by atoms with van der Waals surface area (Å²) in [6.07, 6.45) is 3.47. The van der Waals surface area contributed by atoms with Crippen LogP contribution >= 0.6 is 0 Å². The Morgan fingerprint density at radius 1 is 1.00 bits per heavy atom. The molecular weight excluding hydrogens is 312 g/mol. The molecule has 0 saturated carbocycles. The second kappa shape index (κ2) is 8.22. The molecule has 4 nitrogen and oxygen atoms in total. The van der Waals surface area contributed by atoms with Gasteiger partial charge >= 0.3 is 0 Å². The lowest BCUT2D eigenvalue weighted by molar-refractivity contribution is 0.0942. The van der Waals surface area contributed by atoms with E-state index >= 15 is 0 Å². The van der Waals surface area contributed by atoms with Crippen LogP contribution in [0.1, 0.15) is 33.1 Å². The molecule has 1 unspecified atom stereocenters. The van der Waals surface area contributed by atoms with E-state index in [1.165, 1.54) is 0 Å². The highest BCUT2D eigenvalue weighted by atomic mass is 16.5. The largest absolute Gasteiger partial charge is 0.380 e. The molecule has 0 aliphatic carbocycles. The van der Waals surface area contributed by atoms with Crippen molar-refractivity contribution in [2.45, 2.75) is 12.6 Å². The topological polar surface area (TPSA) is 51.2 Å². The zero-order valence-electron chi connectivity index (χ0n) is 14.1. The molecule has 1 atom stereocenters. The molecular formula is C21H20N2O2. The third kappa shape index (κ3) is 4.31. The number of methoxy groups -OCH3 is 1. The van der Waals surface area contributed by atoms with E-state index in [9.17, 15) is 4.79 Å². The molecule has 0 aliphatic rings. The molecule has 0 fully saturated rings. The predicted molar refractivity (Wildman–Crippen MR) is 97.1 cm³/mol. The summed E-state index contributed by atoms with van der Waals surface area (Å²) < 4.78 is 5.14. The number of hydrogen-bond donors (Lipinski definition) is 1. The van der Waals surface area contributed by atoms with Crippen molar-refractivity contribution >= 4 is 5.91 Å². The van der Waals surface area contributed by atoms with Crippen molar-refractivity contribution in [2.75, 3.05) is 7.11 Å². The van der Waals surface area contributed by atoms with Crippen molar-refractivity contribution in [1.29, 1.82) is 0 Å². The summed E-state index contributed by atoms with van der Waals surface area (Å²) in [6.45, 7) is 0.480. The molecule has 0 aliphatic heterocycles. The Morgan fingerprint density at radius 3 is 2.44 bits per heavy atom. The van der Waals surface area contributed by atoms with E-state index in [4.69, 9.17) is 4.74 Å². The van der Waals surface area contributed by atoms with Crippen LogP contribution in [0, 0.1) is 0 Å². The van der Waals surface area contributed by atoms with Crippen molar-refractivity contribution < 1.29 is 9.53 Å². The lowest BCUT2D eigenvalue weighted by atomic mass is 9.99. The zero-order valence-corrected chi connectivity index (χ0v) is 14.1. The fraction of sp³-hybridized carbons (Fsp3) is 0.143. The molecule has 0 radical (unpaired) electrons. The van der Waals surface area contributed by atoms with E-state index in [-0.39, 0.29) is 11.9 Å². The van der Waals surface area contributed by atoms with Crippen LogP contribution in [-0.4, -0.2) is 18.0 Å². The zero-order chi connectivity index (χ0) is 17.5. The van der Waals surface area contributed by atoms with Crippen molar-refractivity contribution in [3.8, 4) is 0 Å². The van der Waals surface area contributed by atoms with Crippen LogP contribution in [-0.2, 0) is 11.3 Å². The summed E-state index contributed by atoms with van der Waals surface area (Å²) in [5, 5.41) is 3.13. The Morgan fingerprint density at radius 2 is 1.72 bits per heavy atom. The van der Waals surface area contributed by atoms with Crippen LogP contribution in [0.15, 0.2) is 79.1 Å². The molecule has 0 bridgehead atoms. The summed E-state index contributed by atoms with van der Waals surface area (Å²) in [6, 6.07) is 21.0. The van der Waals surface area contributed by atoms with Gasteiger partial charge in [-0.3, -0.25) is 9.78 Å². The van der Waals surface area contributed by atoms with Gasteiger partial charge in [-0.1, -0.05) is 42.5 Å². The van der Waals surface area contributed by atoms with Gasteiger partial charge in [-0.15, -0.1) is 0 Å². The monoisotopic (exact) mass is 332 g/mol. The van der Waals surface area contributed by atoms with Gasteiger partial charge in [0, 0.05) is 25.1 Å². The first-order valence-electron chi connectivity index (χ1n) is 8.11. The molecule has 0 saturated heterocycles. The van der Waals surface area contributed by atoms with Crippen LogP contribution in [0.4, 0.5) is 0 Å². The minimum Gasteiger partial charge on any atom is -0.380 e. The highest BCUT2D eigenvalue weighted by Gasteiger charge is 2.17. The van der Waals surface area contributed by atoms with E-state index in [0.29, 0.717) is 12.2 Å². The summed E-state index contributed by atoms with van der Waals surface area (Å²) >= 11 is 0. The van der Waals surface area contributed by atoms with Gasteiger partial charge in [0.25, 0.3) is 5.91 Å². The first kappa shape index (κ1) is 16.9. The highest BCUT2D eigenvalue weighted by molar-refractivity contribution is 5.94. The summed E-state index contributed by atoms with van der Waals surface area (Å²) in [5.41, 5.74) is 3.59. The minimum absolute atomic E-state index is 0.122. The average molecular weight is 332 g/mol. The third-order valence-corrected chi connectivity index (χ3v) is 3.95. The van der Waals surface area contributed by atoms with Gasteiger partial charge < -0.3 is 10.1 Å². The lowest BCUT2D eigenvalue weighted by Crippen LogP contribution is -2.29. The van der Waals surface area contributed by atoms with E-state index in [2.05, 4.69) is 10.3 Å². The van der Waals surface area contributed by atoms with Crippen molar-refractivity contribution in [2.24, 2.45) is 0 Å². The van der Waals surface area contributed by atoms with Crippen LogP contribution in [0.5, 0.6) is 0 Å². The number of nitrogens with one attached hydrogen (secondary N) is 1. The molecule has 4 heteroatoms. The fourth-order valence-corrected chi connectivity index (χ4v) is 2.74. The molecule has 1 heterocycles. The molecule has 1 aromatic heterocycles. The second-order valence-corrected chi connectivity index (χ2v) is 5.73. The maximum Gasteiger partial charge on any atom is 0.252 e. The van der Waals surface area contributed by atoms with Gasteiger partial charge in [-0.2, -0.15) is 0 Å². The van der Waals surface area contributed by atoms with Gasteiger partial charge in [-0.05, 0) is 41.0 Å². The number of benzene rings is 2. The number of ether oxygens (including phenoxy) is 1. The number of pyridine rings is 1. The molecule has 25 heavy (non-hydrogen) atoms. The summed E-state index contributed by atoms with van der Waals surface area (Å²) in [7, 11) is 1.64. The smallest absolute Gasteiger partial charge is 0.252 e. The van der Waals surface area contributed by atoms with E-state index in [1.807, 2.05) is 66.7 Å². The second-order valence-electron chi connectivity index (χ2n) is 5.73. The average Bonchev–Trinajstić information content (AvgIpc) is 2.68. The van der Waals surface area contributed by atoms with Gasteiger partial charge in [0.1, 0.15) is 0 Å². The van der Waals surface area contributed by atoms with Crippen molar-refractivity contribution in [1.82, 2.24) is 10.3 Å². The van der Waals surface area contributed by atoms with Gasteiger partial charge in [0.15, 0.2) is 0 Å². The molecule has 3 rings (SSSR count). The molecule has 1 N–H and O–H groups in total. The van der Waals surface area contributed by atoms with Gasteiger partial charge in [0.05, 0.1) is 12.6 Å². The van der Waals surface area contributed by atoms with Crippen molar-refractivity contribution in [3.05, 3.63) is 101 Å². The maximum atomic E-state index is 12.8. The summed E-state index contributed by atoms with van der Waals surface area (Å²) in [4.78, 5) is 16.9. The van der Waals surface area contributed by atoms with Crippen molar-refractivity contribution in [3.63, 3.8) is 0 Å². The Bertz CT molecular complexity index is 780. The maximum absolute atomic E-state index is 12.8. The number of nitrogens with zero attached hydrogens (tertiary/aromatic N) is 1. The Balaban J connectivity index is 1.88. The molecule has 1 amide bonds. The first-order chi connectivity index (χ1) is 12.3. The normalized spacial score (nSPS) is 11.7. The number of aromatic nitrogens is 1. The predicted octanol–water partition coefficient (Wildman–Crippen LogP) is 3.75. The van der Waals surface area contributed by atoms with Gasteiger partial charge in [-0.25, -0.2) is 0 Å². The minimum atomic E-state index is -0.234. The number of hydrogen-bond acceptors (Lipinski definition) is 3. The molecule has 2 aromatic carbocycles. The number of rotatable bonds is 6. The first-order valence-corrected chi connectivity index (χ1v) is 8.11. The van der Waals surface area contributed by atoms with E-state index < -0.39 is 0 Å². The molecule has 0 spiro atoms. The Labute approximate surface area is 147 Å². The quantitative estimate of drug-likeness (QED) is 0.748. The number of carbonyl (C=O) groups is 1. The van der Waals surface area contributed by atoms with Crippen LogP contribution in [0.25, 0.3) is 0 Å². The Kier molecular flexibility index (Phi) is 5.54. The molecule has 126 valence electrons. The number of amides is 1. The standard InChI is InChI=1S/C21H20N2O2/c1-25-15-16-6-5-9-19(14-16)21(24)23-20(17-7-3-2-4-8-17)18-10-12-22-13-11-18/h2-14,20H,15H2,1H3,(H,23,24). The fourth-order valence-electron chi connectivity index (χ4n) is 2.74. The van der Waals surface area contributed by atoms with Crippen LogP contribution in [0.3, 0.4) is 0 Å². The molecule has 3 aromatic rings. The van der Waals surface area contributed by atoms with Crippen LogP contribution in [0.2, 0.25) is 0 Å². The number of carbonyl (C=O) groups excluding carboxylic acids is 1. The highest BCUT2D eigenvalue weighted by Crippen LogP contribution is 2.22. The van der Waals surface area contributed by atoms with E-state index in [0.717, 1.165) is 16.7 Å². The third-order valence-electron chi connectivity index (χ3n) is 3.95. The van der Waals surface area contributed by atoms with Crippen LogP contribution < -0.4 is 5.32 Å². The summed E-state index contributed by atoms with van der Waals surface area (Å²) in [5.74, 6) is -0.122. The van der Waals surface area contributed by atoms with E-state index in [1.54, 1.807) is 19.5 Å². The lowest BCUT2D eigenvalue weighted by Gasteiger charge is -2.20. The SMILES string of the molecule is COCc1cccc(C(=O)NC(c2ccccc2)c2ccncc2)c1. The van der Waals surface area contributed by atoms with Gasteiger partial charge in [0.2, 0.25) is 0 Å². The Hall–Kier alpha value is -2.98.